The molecule has 0 radical (unpaired) electrons. The monoisotopic (exact) mass is 421 g/mol. The lowest BCUT2D eigenvalue weighted by Gasteiger charge is -2.12. The van der Waals surface area contributed by atoms with Gasteiger partial charge in [-0.3, -0.25) is 0 Å². The summed E-state index contributed by atoms with van der Waals surface area (Å²) < 4.78 is 10.7. The summed E-state index contributed by atoms with van der Waals surface area (Å²) in [5, 5.41) is 17.3. The lowest BCUT2D eigenvalue weighted by molar-refractivity contribution is -0.139. The predicted octanol–water partition coefficient (Wildman–Crippen LogP) is 3.78. The summed E-state index contributed by atoms with van der Waals surface area (Å²) in [5.41, 5.74) is 7.53. The Kier molecular flexibility index (Phi) is 8.64. The molecule has 9 heteroatoms. The number of rotatable bonds is 9. The number of nitrogens with zero attached hydrogens (tertiary/aromatic N) is 2. The fraction of sp³-hybridized carbons (Fsp3) is 0.211. The van der Waals surface area contributed by atoms with Gasteiger partial charge >= 0.3 is 5.97 Å². The number of amidine groups is 1. The minimum Gasteiger partial charge on any atom is -0.490 e. The number of carboxylic acids is 1. The van der Waals surface area contributed by atoms with Gasteiger partial charge in [-0.25, -0.2) is 4.79 Å². The Bertz CT molecular complexity index is 860. The van der Waals surface area contributed by atoms with E-state index in [1.807, 2.05) is 30.3 Å². The molecule has 0 aliphatic carbocycles. The van der Waals surface area contributed by atoms with Crippen molar-refractivity contribution in [2.45, 2.75) is 12.7 Å². The molecule has 0 spiro atoms. The molecule has 0 fully saturated rings. The van der Waals surface area contributed by atoms with Gasteiger partial charge in [0.25, 0.3) is 0 Å². The van der Waals surface area contributed by atoms with Gasteiger partial charge in [-0.1, -0.05) is 53.7 Å². The first-order valence-electron chi connectivity index (χ1n) is 8.33. The van der Waals surface area contributed by atoms with Crippen molar-refractivity contribution in [3.8, 4) is 11.5 Å². The molecule has 0 aromatic heterocycles. The van der Waals surface area contributed by atoms with Crippen LogP contribution in [0.3, 0.4) is 0 Å². The molecule has 0 bridgehead atoms. The van der Waals surface area contributed by atoms with Gasteiger partial charge in [0.2, 0.25) is 0 Å². The molecule has 0 amide bonds. The van der Waals surface area contributed by atoms with Gasteiger partial charge in [0.1, 0.15) is 0 Å². The molecule has 148 valence electrons. The van der Waals surface area contributed by atoms with E-state index >= 15 is 0 Å². The van der Waals surface area contributed by atoms with Crippen LogP contribution in [0.4, 0.5) is 0 Å². The van der Waals surface area contributed by atoms with E-state index in [9.17, 15) is 4.79 Å². The topological polar surface area (TPSA) is 107 Å². The van der Waals surface area contributed by atoms with Crippen molar-refractivity contribution >= 4 is 40.7 Å². The molecule has 2 aromatic rings. The molecular weight excluding hydrogens is 402 g/mol. The largest absolute Gasteiger partial charge is 0.490 e. The molecule has 0 atom stereocenters. The van der Waals surface area contributed by atoms with E-state index in [2.05, 4.69) is 10.2 Å². The zero-order valence-electron chi connectivity index (χ0n) is 15.2. The van der Waals surface area contributed by atoms with Crippen LogP contribution in [0.2, 0.25) is 5.02 Å². The normalized spacial score (nSPS) is 11.6. The number of hydrogen-bond acceptors (Lipinski definition) is 6. The maximum absolute atomic E-state index is 10.7. The Labute approximate surface area is 172 Å². The van der Waals surface area contributed by atoms with Crippen LogP contribution in [0.25, 0.3) is 0 Å². The second kappa shape index (κ2) is 11.2. The van der Waals surface area contributed by atoms with E-state index in [-0.39, 0.29) is 5.75 Å². The Morgan fingerprint density at radius 1 is 1.25 bits per heavy atom. The van der Waals surface area contributed by atoms with Crippen molar-refractivity contribution in [3.63, 3.8) is 0 Å². The van der Waals surface area contributed by atoms with Gasteiger partial charge < -0.3 is 20.3 Å². The molecule has 0 aliphatic heterocycles. The van der Waals surface area contributed by atoms with Crippen molar-refractivity contribution in [2.24, 2.45) is 15.9 Å². The maximum Gasteiger partial charge on any atom is 0.341 e. The Morgan fingerprint density at radius 2 is 1.96 bits per heavy atom. The van der Waals surface area contributed by atoms with Crippen molar-refractivity contribution < 1.29 is 19.4 Å². The number of ether oxygens (including phenoxy) is 2. The number of thioether (sulfide) groups is 1. The smallest absolute Gasteiger partial charge is 0.341 e. The molecule has 7 nitrogen and oxygen atoms in total. The zero-order chi connectivity index (χ0) is 20.4. The highest BCUT2D eigenvalue weighted by Crippen LogP contribution is 2.33. The quantitative estimate of drug-likeness (QED) is 0.362. The fourth-order valence-electron chi connectivity index (χ4n) is 2.08. The van der Waals surface area contributed by atoms with Crippen LogP contribution in [0.15, 0.2) is 52.7 Å². The SMILES string of the molecule is CCOc1cc(C=NN=C(N)SCc2ccccc2)c(Cl)cc1OCC(=O)O. The molecule has 3 N–H and O–H groups in total. The molecule has 0 unspecified atom stereocenters. The van der Waals surface area contributed by atoms with Crippen LogP contribution in [-0.2, 0) is 10.5 Å². The van der Waals surface area contributed by atoms with E-state index in [4.69, 9.17) is 31.9 Å². The van der Waals surface area contributed by atoms with Gasteiger partial charge in [-0.05, 0) is 18.6 Å². The van der Waals surface area contributed by atoms with Gasteiger partial charge in [0, 0.05) is 17.4 Å². The Morgan fingerprint density at radius 3 is 2.64 bits per heavy atom. The average Bonchev–Trinajstić information content (AvgIpc) is 2.68. The Balaban J connectivity index is 2.06. The highest BCUT2D eigenvalue weighted by molar-refractivity contribution is 8.13. The van der Waals surface area contributed by atoms with E-state index in [0.29, 0.717) is 33.9 Å². The van der Waals surface area contributed by atoms with Crippen molar-refractivity contribution in [2.75, 3.05) is 13.2 Å². The minimum atomic E-state index is -1.10. The molecule has 28 heavy (non-hydrogen) atoms. The van der Waals surface area contributed by atoms with Crippen molar-refractivity contribution in [1.82, 2.24) is 0 Å². The Hall–Kier alpha value is -2.71. The summed E-state index contributed by atoms with van der Waals surface area (Å²) in [6, 6.07) is 13.0. The molecular formula is C19H20ClN3O4S. The first-order valence-corrected chi connectivity index (χ1v) is 9.70. The molecule has 0 saturated heterocycles. The summed E-state index contributed by atoms with van der Waals surface area (Å²) in [5.74, 6) is 0.205. The number of aliphatic carboxylic acids is 1. The molecule has 2 rings (SSSR count). The highest BCUT2D eigenvalue weighted by atomic mass is 35.5. The van der Waals surface area contributed by atoms with E-state index in [1.54, 1.807) is 13.0 Å². The summed E-state index contributed by atoms with van der Waals surface area (Å²) >= 11 is 7.59. The lowest BCUT2D eigenvalue weighted by Crippen LogP contribution is -2.10. The van der Waals surface area contributed by atoms with E-state index < -0.39 is 12.6 Å². The maximum atomic E-state index is 10.7. The number of nitrogens with two attached hydrogens (primary N) is 1. The van der Waals surface area contributed by atoms with Crippen LogP contribution >= 0.6 is 23.4 Å². The third-order valence-corrected chi connectivity index (χ3v) is 4.48. The third-order valence-electron chi connectivity index (χ3n) is 3.30. The van der Waals surface area contributed by atoms with Crippen LogP contribution in [0, 0.1) is 0 Å². The lowest BCUT2D eigenvalue weighted by atomic mass is 10.2. The number of carbonyl (C=O) groups is 1. The standard InChI is InChI=1S/C19H20ClN3O4S/c1-2-26-16-8-14(15(20)9-17(16)27-11-18(24)25)10-22-23-19(21)28-12-13-6-4-3-5-7-13/h3-10H,2,11-12H2,1H3,(H2,21,23)(H,24,25). The van der Waals surface area contributed by atoms with Crippen LogP contribution < -0.4 is 15.2 Å². The zero-order valence-corrected chi connectivity index (χ0v) is 16.7. The van der Waals surface area contributed by atoms with Crippen LogP contribution in [0.5, 0.6) is 11.5 Å². The predicted molar refractivity (Wildman–Crippen MR) is 113 cm³/mol. The number of hydrogen-bond donors (Lipinski definition) is 2. The van der Waals surface area contributed by atoms with Crippen molar-refractivity contribution in [3.05, 3.63) is 58.6 Å². The summed E-state index contributed by atoms with van der Waals surface area (Å²) in [7, 11) is 0. The van der Waals surface area contributed by atoms with E-state index in [0.717, 1.165) is 5.56 Å². The summed E-state index contributed by atoms with van der Waals surface area (Å²) in [4.78, 5) is 10.7. The second-order valence-corrected chi connectivity index (χ2v) is 6.80. The number of benzene rings is 2. The van der Waals surface area contributed by atoms with Gasteiger partial charge in [-0.2, -0.15) is 5.10 Å². The first-order chi connectivity index (χ1) is 13.5. The molecule has 0 aliphatic rings. The van der Waals surface area contributed by atoms with Crippen molar-refractivity contribution in [1.29, 1.82) is 0 Å². The first kappa shape index (κ1) is 21.6. The third kappa shape index (κ3) is 7.13. The molecule has 0 heterocycles. The highest BCUT2D eigenvalue weighted by Gasteiger charge is 2.11. The summed E-state index contributed by atoms with van der Waals surface area (Å²) in [6.45, 7) is 1.68. The average molecular weight is 422 g/mol. The van der Waals surface area contributed by atoms with Crippen LogP contribution in [-0.4, -0.2) is 35.7 Å². The van der Waals surface area contributed by atoms with Gasteiger partial charge in [0.15, 0.2) is 23.3 Å². The number of carboxylic acid groups (broad SMARTS) is 1. The molecule has 0 saturated carbocycles. The number of halogens is 1. The fourth-order valence-corrected chi connectivity index (χ4v) is 2.89. The van der Waals surface area contributed by atoms with Crippen LogP contribution in [0.1, 0.15) is 18.1 Å². The minimum absolute atomic E-state index is 0.243. The molecule has 2 aromatic carbocycles. The van der Waals surface area contributed by atoms with Gasteiger partial charge in [-0.15, -0.1) is 5.10 Å². The van der Waals surface area contributed by atoms with E-state index in [1.165, 1.54) is 24.0 Å². The summed E-state index contributed by atoms with van der Waals surface area (Å²) in [6.07, 6.45) is 1.45. The second-order valence-electron chi connectivity index (χ2n) is 5.39. The van der Waals surface area contributed by atoms with Gasteiger partial charge in [0.05, 0.1) is 17.8 Å².